The minimum atomic E-state index is -1.11. The van der Waals surface area contributed by atoms with Gasteiger partial charge in [-0.05, 0) is 24.6 Å². The van der Waals surface area contributed by atoms with Crippen molar-refractivity contribution in [2.45, 2.75) is 13.3 Å². The quantitative estimate of drug-likeness (QED) is 0.545. The number of carbonyl (C=O) groups excluding carboxylic acids is 1. The molecular formula is C20H17N3O3. The summed E-state index contributed by atoms with van der Waals surface area (Å²) in [6.07, 6.45) is 3.66. The highest BCUT2D eigenvalue weighted by Crippen LogP contribution is 2.19. The normalized spacial score (nSPS) is 11.0. The second-order valence-corrected chi connectivity index (χ2v) is 5.58. The van der Waals surface area contributed by atoms with E-state index in [-0.39, 0.29) is 11.5 Å². The molecule has 0 aliphatic rings. The van der Waals surface area contributed by atoms with Crippen molar-refractivity contribution < 1.29 is 14.7 Å². The topological polar surface area (TPSA) is 85.1 Å². The zero-order valence-electron chi connectivity index (χ0n) is 14.2. The van der Waals surface area contributed by atoms with Crippen LogP contribution in [-0.4, -0.2) is 31.9 Å². The molecule has 0 unspecified atom stereocenters. The molecule has 0 radical (unpaired) electrons. The van der Waals surface area contributed by atoms with Crippen molar-refractivity contribution in [3.8, 4) is 5.69 Å². The lowest BCUT2D eigenvalue weighted by atomic mass is 10.1. The first kappa shape index (κ1) is 17.3. The minimum Gasteiger partial charge on any atom is -0.476 e. The van der Waals surface area contributed by atoms with Crippen LogP contribution in [0.15, 0.2) is 60.7 Å². The van der Waals surface area contributed by atoms with Gasteiger partial charge in [0.05, 0.1) is 11.4 Å². The number of benzene rings is 2. The van der Waals surface area contributed by atoms with Crippen molar-refractivity contribution in [1.29, 1.82) is 0 Å². The molecule has 0 aliphatic carbocycles. The maximum Gasteiger partial charge on any atom is 0.358 e. The summed E-state index contributed by atoms with van der Waals surface area (Å²) in [5.41, 5.74) is 2.46. The Balaban J connectivity index is 1.98. The summed E-state index contributed by atoms with van der Waals surface area (Å²) in [6, 6.07) is 16.3. The number of allylic oxidation sites excluding steroid dienone is 1. The van der Waals surface area contributed by atoms with Crippen molar-refractivity contribution in [1.82, 2.24) is 15.0 Å². The van der Waals surface area contributed by atoms with Gasteiger partial charge in [-0.15, -0.1) is 5.10 Å². The molecule has 1 heterocycles. The van der Waals surface area contributed by atoms with Crippen LogP contribution in [0.4, 0.5) is 0 Å². The van der Waals surface area contributed by atoms with E-state index in [2.05, 4.69) is 10.3 Å². The molecule has 1 aromatic heterocycles. The van der Waals surface area contributed by atoms with Gasteiger partial charge in [-0.1, -0.05) is 60.7 Å². The number of aromatic nitrogens is 3. The number of hydrogen-bond acceptors (Lipinski definition) is 4. The summed E-state index contributed by atoms with van der Waals surface area (Å²) in [6.45, 7) is 1.85. The Labute approximate surface area is 150 Å². The summed E-state index contributed by atoms with van der Waals surface area (Å²) in [5, 5.41) is 17.0. The third kappa shape index (κ3) is 3.44. The second kappa shape index (κ2) is 7.57. The summed E-state index contributed by atoms with van der Waals surface area (Å²) in [5.74, 6) is -1.22. The lowest BCUT2D eigenvalue weighted by Gasteiger charge is -2.08. The molecule has 0 saturated heterocycles. The number of carbonyl (C=O) groups is 2. The van der Waals surface area contributed by atoms with Crippen molar-refractivity contribution in [3.63, 3.8) is 0 Å². The molecule has 3 rings (SSSR count). The van der Waals surface area contributed by atoms with Crippen molar-refractivity contribution >= 4 is 17.8 Å². The van der Waals surface area contributed by atoms with Gasteiger partial charge in [0.15, 0.2) is 11.5 Å². The highest BCUT2D eigenvalue weighted by atomic mass is 16.4. The summed E-state index contributed by atoms with van der Waals surface area (Å²) in [7, 11) is 0. The van der Waals surface area contributed by atoms with E-state index in [1.165, 1.54) is 10.8 Å². The lowest BCUT2D eigenvalue weighted by Crippen LogP contribution is -2.07. The van der Waals surface area contributed by atoms with Gasteiger partial charge in [-0.25, -0.2) is 9.48 Å². The van der Waals surface area contributed by atoms with E-state index in [1.807, 2.05) is 49.4 Å². The maximum atomic E-state index is 12.3. The van der Waals surface area contributed by atoms with E-state index in [4.69, 9.17) is 0 Å². The molecule has 26 heavy (non-hydrogen) atoms. The Bertz CT molecular complexity index is 975. The van der Waals surface area contributed by atoms with Crippen LogP contribution in [0, 0.1) is 0 Å². The molecule has 6 heteroatoms. The van der Waals surface area contributed by atoms with Crippen LogP contribution in [0.1, 0.15) is 39.0 Å². The zero-order valence-corrected chi connectivity index (χ0v) is 14.2. The number of para-hydroxylation sites is 1. The van der Waals surface area contributed by atoms with Gasteiger partial charge in [-0.3, -0.25) is 4.79 Å². The maximum absolute atomic E-state index is 12.3. The van der Waals surface area contributed by atoms with E-state index < -0.39 is 5.97 Å². The molecule has 0 fully saturated rings. The standard InChI is InChI=1S/C20H17N3O3/c1-2-16-19(20(25)26)21-22-23(16)17-11-7-6-8-14(17)12-13-18(24)15-9-4-3-5-10-15/h3-13H,2H2,1H3,(H,25,26). The Hall–Kier alpha value is -3.54. The van der Waals surface area contributed by atoms with Crippen LogP contribution >= 0.6 is 0 Å². The largest absolute Gasteiger partial charge is 0.476 e. The predicted molar refractivity (Wildman–Crippen MR) is 97.5 cm³/mol. The molecule has 0 aliphatic heterocycles. The van der Waals surface area contributed by atoms with Gasteiger partial charge in [-0.2, -0.15) is 0 Å². The number of rotatable bonds is 6. The van der Waals surface area contributed by atoms with Crippen molar-refractivity contribution in [3.05, 3.63) is 83.2 Å². The number of carboxylic acid groups (broad SMARTS) is 1. The number of carboxylic acids is 1. The minimum absolute atomic E-state index is 0.0633. The number of ketones is 1. The van der Waals surface area contributed by atoms with Crippen LogP contribution < -0.4 is 0 Å². The molecule has 0 spiro atoms. The van der Waals surface area contributed by atoms with Crippen LogP contribution in [0.2, 0.25) is 0 Å². The van der Waals surface area contributed by atoms with E-state index in [0.717, 1.165) is 5.56 Å². The first-order valence-corrected chi connectivity index (χ1v) is 8.16. The molecule has 0 bridgehead atoms. The second-order valence-electron chi connectivity index (χ2n) is 5.58. The first-order valence-electron chi connectivity index (χ1n) is 8.16. The third-order valence-corrected chi connectivity index (χ3v) is 3.94. The van der Waals surface area contributed by atoms with Crippen molar-refractivity contribution in [2.24, 2.45) is 0 Å². The molecule has 6 nitrogen and oxygen atoms in total. The number of nitrogens with zero attached hydrogens (tertiary/aromatic N) is 3. The van der Waals surface area contributed by atoms with Gasteiger partial charge in [0.1, 0.15) is 0 Å². The monoisotopic (exact) mass is 347 g/mol. The van der Waals surface area contributed by atoms with Gasteiger partial charge >= 0.3 is 5.97 Å². The molecule has 130 valence electrons. The van der Waals surface area contributed by atoms with E-state index in [0.29, 0.717) is 23.4 Å². The zero-order chi connectivity index (χ0) is 18.5. The van der Waals surface area contributed by atoms with Crippen molar-refractivity contribution in [2.75, 3.05) is 0 Å². The van der Waals surface area contributed by atoms with Crippen LogP contribution in [0.5, 0.6) is 0 Å². The molecule has 0 saturated carbocycles. The average molecular weight is 347 g/mol. The van der Waals surface area contributed by atoms with Gasteiger partial charge in [0.2, 0.25) is 0 Å². The van der Waals surface area contributed by atoms with Crippen LogP contribution in [0.3, 0.4) is 0 Å². The fourth-order valence-corrected chi connectivity index (χ4v) is 2.66. The molecule has 3 aromatic rings. The lowest BCUT2D eigenvalue weighted by molar-refractivity contribution is 0.0689. The number of hydrogen-bond donors (Lipinski definition) is 1. The first-order chi connectivity index (χ1) is 12.6. The Morgan fingerprint density at radius 2 is 1.77 bits per heavy atom. The number of aromatic carboxylic acids is 1. The van der Waals surface area contributed by atoms with Gasteiger partial charge < -0.3 is 5.11 Å². The highest BCUT2D eigenvalue weighted by molar-refractivity contribution is 6.06. The fraction of sp³-hybridized carbons (Fsp3) is 0.100. The van der Waals surface area contributed by atoms with E-state index >= 15 is 0 Å². The molecule has 0 amide bonds. The van der Waals surface area contributed by atoms with Crippen LogP contribution in [0.25, 0.3) is 11.8 Å². The molecule has 2 aromatic carbocycles. The highest BCUT2D eigenvalue weighted by Gasteiger charge is 2.19. The molecule has 0 atom stereocenters. The van der Waals surface area contributed by atoms with Crippen LogP contribution in [-0.2, 0) is 6.42 Å². The summed E-state index contributed by atoms with van der Waals surface area (Å²) in [4.78, 5) is 23.6. The molecule has 1 N–H and O–H groups in total. The smallest absolute Gasteiger partial charge is 0.358 e. The van der Waals surface area contributed by atoms with E-state index in [1.54, 1.807) is 18.2 Å². The average Bonchev–Trinajstić information content (AvgIpc) is 3.11. The fourth-order valence-electron chi connectivity index (χ4n) is 2.66. The SMILES string of the molecule is CCc1c(C(=O)O)nnn1-c1ccccc1C=CC(=O)c1ccccc1. The Morgan fingerprint density at radius 1 is 1.08 bits per heavy atom. The predicted octanol–water partition coefficient (Wildman–Crippen LogP) is 3.42. The summed E-state index contributed by atoms with van der Waals surface area (Å²) < 4.78 is 1.51. The van der Waals surface area contributed by atoms with E-state index in [9.17, 15) is 14.7 Å². The molecular weight excluding hydrogens is 330 g/mol. The Kier molecular flexibility index (Phi) is 5.03. The Morgan fingerprint density at radius 3 is 2.46 bits per heavy atom. The van der Waals surface area contributed by atoms with Gasteiger partial charge in [0.25, 0.3) is 0 Å². The third-order valence-electron chi connectivity index (χ3n) is 3.94. The summed E-state index contributed by atoms with van der Waals surface area (Å²) >= 11 is 0. The van der Waals surface area contributed by atoms with Gasteiger partial charge in [0, 0.05) is 11.1 Å².